The molecule has 0 aliphatic rings. The van der Waals surface area contributed by atoms with Gasteiger partial charge in [0.1, 0.15) is 6.61 Å². The summed E-state index contributed by atoms with van der Waals surface area (Å²) in [4.78, 5) is 14.2. The Labute approximate surface area is 120 Å². The van der Waals surface area contributed by atoms with Gasteiger partial charge in [0.2, 0.25) is 0 Å². The number of nitrogens with one attached hydrogen (secondary N) is 1. The van der Waals surface area contributed by atoms with Gasteiger partial charge in [0.05, 0.1) is 0 Å². The van der Waals surface area contributed by atoms with Crippen LogP contribution in [0, 0.1) is 11.8 Å². The van der Waals surface area contributed by atoms with E-state index >= 15 is 0 Å². The summed E-state index contributed by atoms with van der Waals surface area (Å²) in [5, 5.41) is 11.6. The predicted molar refractivity (Wildman–Crippen MR) is 80.5 cm³/mol. The summed E-state index contributed by atoms with van der Waals surface area (Å²) in [7, 11) is 4.02. The summed E-state index contributed by atoms with van der Waals surface area (Å²) in [6.07, 6.45) is 0.906. The third kappa shape index (κ3) is 5.87. The Morgan fingerprint density at radius 2 is 2.20 bits per heavy atom. The highest BCUT2D eigenvalue weighted by Gasteiger charge is 2.10. The van der Waals surface area contributed by atoms with Crippen molar-refractivity contribution >= 4 is 5.91 Å². The molecule has 0 spiro atoms. The van der Waals surface area contributed by atoms with Crippen LogP contribution in [0.25, 0.3) is 0 Å². The second kappa shape index (κ2) is 8.36. The Bertz CT molecular complexity index is 501. The summed E-state index contributed by atoms with van der Waals surface area (Å²) < 4.78 is 0. The first kappa shape index (κ1) is 16.2. The standard InChI is InChI=1S/C16H22N2O2/c1-13(9-10-18(2)3)17-16(20)15-8-4-6-14(12-15)7-5-11-19/h4,6,8,12-13,19H,9-11H2,1-3H3,(H,17,20). The van der Waals surface area contributed by atoms with Crippen molar-refractivity contribution in [1.29, 1.82) is 0 Å². The number of carbonyl (C=O) groups is 1. The third-order valence-corrected chi connectivity index (χ3v) is 2.82. The summed E-state index contributed by atoms with van der Waals surface area (Å²) in [6, 6.07) is 7.22. The Kier molecular flexibility index (Phi) is 6.78. The van der Waals surface area contributed by atoms with E-state index in [1.54, 1.807) is 18.2 Å². The molecule has 2 N–H and O–H groups in total. The Morgan fingerprint density at radius 1 is 1.45 bits per heavy atom. The van der Waals surface area contributed by atoms with Gasteiger partial charge in [-0.15, -0.1) is 0 Å². The predicted octanol–water partition coefficient (Wildman–Crippen LogP) is 1.10. The van der Waals surface area contributed by atoms with E-state index in [1.807, 2.05) is 27.1 Å². The molecule has 0 saturated heterocycles. The summed E-state index contributed by atoms with van der Waals surface area (Å²) in [5.41, 5.74) is 1.32. The Balaban J connectivity index is 2.63. The van der Waals surface area contributed by atoms with E-state index in [0.29, 0.717) is 5.56 Å². The molecule has 0 aliphatic carbocycles. The number of aliphatic hydroxyl groups is 1. The van der Waals surface area contributed by atoms with Gasteiger partial charge in [-0.3, -0.25) is 4.79 Å². The van der Waals surface area contributed by atoms with Crippen molar-refractivity contribution < 1.29 is 9.90 Å². The fourth-order valence-electron chi connectivity index (χ4n) is 1.71. The van der Waals surface area contributed by atoms with Crippen LogP contribution >= 0.6 is 0 Å². The number of amides is 1. The molecule has 0 aromatic heterocycles. The molecule has 0 fully saturated rings. The molecule has 0 aliphatic heterocycles. The summed E-state index contributed by atoms with van der Waals surface area (Å²) >= 11 is 0. The first-order chi connectivity index (χ1) is 9.52. The zero-order valence-corrected chi connectivity index (χ0v) is 12.3. The quantitative estimate of drug-likeness (QED) is 0.791. The molecule has 0 heterocycles. The number of nitrogens with zero attached hydrogens (tertiary/aromatic N) is 1. The van der Waals surface area contributed by atoms with Crippen LogP contribution in [0.5, 0.6) is 0 Å². The van der Waals surface area contributed by atoms with Gasteiger partial charge in [0, 0.05) is 17.2 Å². The second-order valence-electron chi connectivity index (χ2n) is 5.01. The highest BCUT2D eigenvalue weighted by molar-refractivity contribution is 5.94. The van der Waals surface area contributed by atoms with Gasteiger partial charge in [-0.2, -0.15) is 0 Å². The summed E-state index contributed by atoms with van der Waals surface area (Å²) in [5.74, 6) is 5.28. The molecule has 1 atom stereocenters. The number of hydrogen-bond donors (Lipinski definition) is 2. The van der Waals surface area contributed by atoms with Crippen molar-refractivity contribution in [3.05, 3.63) is 35.4 Å². The largest absolute Gasteiger partial charge is 0.384 e. The highest BCUT2D eigenvalue weighted by Crippen LogP contribution is 2.05. The molecule has 4 nitrogen and oxygen atoms in total. The molecular formula is C16H22N2O2. The molecule has 20 heavy (non-hydrogen) atoms. The minimum absolute atomic E-state index is 0.0936. The molecule has 1 aromatic carbocycles. The van der Waals surface area contributed by atoms with Crippen LogP contribution in [0.3, 0.4) is 0 Å². The monoisotopic (exact) mass is 274 g/mol. The van der Waals surface area contributed by atoms with Gasteiger partial charge in [0.25, 0.3) is 5.91 Å². The first-order valence-electron chi connectivity index (χ1n) is 6.68. The molecule has 1 amide bonds. The number of benzene rings is 1. The third-order valence-electron chi connectivity index (χ3n) is 2.82. The van der Waals surface area contributed by atoms with Crippen molar-refractivity contribution in [1.82, 2.24) is 10.2 Å². The Morgan fingerprint density at radius 3 is 2.85 bits per heavy atom. The van der Waals surface area contributed by atoms with Gasteiger partial charge in [0.15, 0.2) is 0 Å². The van der Waals surface area contributed by atoms with Crippen LogP contribution in [0.15, 0.2) is 24.3 Å². The number of rotatable bonds is 5. The van der Waals surface area contributed by atoms with E-state index in [0.717, 1.165) is 18.5 Å². The molecule has 1 unspecified atom stereocenters. The minimum Gasteiger partial charge on any atom is -0.384 e. The van der Waals surface area contributed by atoms with Gasteiger partial charge < -0.3 is 15.3 Å². The van der Waals surface area contributed by atoms with Gasteiger partial charge in [-0.25, -0.2) is 0 Å². The van der Waals surface area contributed by atoms with Crippen LogP contribution < -0.4 is 5.32 Å². The maximum Gasteiger partial charge on any atom is 0.251 e. The average Bonchev–Trinajstić information content (AvgIpc) is 2.43. The van der Waals surface area contributed by atoms with E-state index in [2.05, 4.69) is 22.1 Å². The molecule has 0 bridgehead atoms. The lowest BCUT2D eigenvalue weighted by atomic mass is 10.1. The van der Waals surface area contributed by atoms with Crippen LogP contribution in [-0.4, -0.2) is 49.2 Å². The molecule has 1 rings (SSSR count). The highest BCUT2D eigenvalue weighted by atomic mass is 16.2. The SMILES string of the molecule is CC(CCN(C)C)NC(=O)c1cccc(C#CCO)c1. The lowest BCUT2D eigenvalue weighted by Gasteiger charge is -2.16. The first-order valence-corrected chi connectivity index (χ1v) is 6.68. The molecule has 108 valence electrons. The zero-order chi connectivity index (χ0) is 15.0. The van der Waals surface area contributed by atoms with Crippen molar-refractivity contribution in [2.75, 3.05) is 27.2 Å². The minimum atomic E-state index is -0.183. The van der Waals surface area contributed by atoms with E-state index in [1.165, 1.54) is 0 Å². The van der Waals surface area contributed by atoms with Crippen molar-refractivity contribution in [2.24, 2.45) is 0 Å². The number of hydrogen-bond acceptors (Lipinski definition) is 3. The topological polar surface area (TPSA) is 52.6 Å². The molecular weight excluding hydrogens is 252 g/mol. The number of carbonyl (C=O) groups excluding carboxylic acids is 1. The molecule has 1 aromatic rings. The fourth-order valence-corrected chi connectivity index (χ4v) is 1.71. The van der Waals surface area contributed by atoms with E-state index in [9.17, 15) is 4.79 Å². The maximum atomic E-state index is 12.1. The lowest BCUT2D eigenvalue weighted by Crippen LogP contribution is -2.34. The van der Waals surface area contributed by atoms with E-state index in [4.69, 9.17) is 5.11 Å². The van der Waals surface area contributed by atoms with Crippen LogP contribution in [-0.2, 0) is 0 Å². The van der Waals surface area contributed by atoms with Crippen LogP contribution in [0.1, 0.15) is 29.3 Å². The van der Waals surface area contributed by atoms with Gasteiger partial charge in [-0.1, -0.05) is 17.9 Å². The molecule has 0 saturated carbocycles. The van der Waals surface area contributed by atoms with Crippen LogP contribution in [0.4, 0.5) is 0 Å². The van der Waals surface area contributed by atoms with E-state index in [-0.39, 0.29) is 18.6 Å². The zero-order valence-electron chi connectivity index (χ0n) is 12.3. The second-order valence-corrected chi connectivity index (χ2v) is 5.01. The fraction of sp³-hybridized carbons (Fsp3) is 0.438. The van der Waals surface area contributed by atoms with Crippen molar-refractivity contribution in [3.63, 3.8) is 0 Å². The van der Waals surface area contributed by atoms with Gasteiger partial charge in [-0.05, 0) is 52.2 Å². The molecule has 0 radical (unpaired) electrons. The number of aliphatic hydroxyl groups excluding tert-OH is 1. The maximum absolute atomic E-state index is 12.1. The van der Waals surface area contributed by atoms with Crippen LogP contribution in [0.2, 0.25) is 0 Å². The smallest absolute Gasteiger partial charge is 0.251 e. The summed E-state index contributed by atoms with van der Waals surface area (Å²) in [6.45, 7) is 2.75. The molecule has 4 heteroatoms. The van der Waals surface area contributed by atoms with Gasteiger partial charge >= 0.3 is 0 Å². The van der Waals surface area contributed by atoms with E-state index < -0.39 is 0 Å². The van der Waals surface area contributed by atoms with Crippen molar-refractivity contribution in [3.8, 4) is 11.8 Å². The normalized spacial score (nSPS) is 11.7. The lowest BCUT2D eigenvalue weighted by molar-refractivity contribution is 0.0936. The Hall–Kier alpha value is -1.83. The van der Waals surface area contributed by atoms with Crippen molar-refractivity contribution in [2.45, 2.75) is 19.4 Å². The average molecular weight is 274 g/mol.